The summed E-state index contributed by atoms with van der Waals surface area (Å²) in [7, 11) is 1.59. The minimum Gasteiger partial charge on any atom is -0.508 e. The molecular weight excluding hydrogens is 268 g/mol. The Morgan fingerprint density at radius 3 is 2.86 bits per heavy atom. The molecule has 4 nitrogen and oxygen atoms in total. The molecule has 0 fully saturated rings. The van der Waals surface area contributed by atoms with E-state index in [0.717, 1.165) is 5.56 Å². The van der Waals surface area contributed by atoms with Crippen molar-refractivity contribution >= 4 is 11.9 Å². The number of hydrogen-bond acceptors (Lipinski definition) is 4. The lowest BCUT2D eigenvalue weighted by molar-refractivity contribution is 0.100. The van der Waals surface area contributed by atoms with Gasteiger partial charge < -0.3 is 14.6 Å². The van der Waals surface area contributed by atoms with Crippen LogP contribution < -0.4 is 9.47 Å². The monoisotopic (exact) mass is 282 g/mol. The molecule has 0 saturated carbocycles. The van der Waals surface area contributed by atoms with Gasteiger partial charge in [-0.15, -0.1) is 0 Å². The van der Waals surface area contributed by atoms with Gasteiger partial charge in [0.05, 0.1) is 12.7 Å². The smallest absolute Gasteiger partial charge is 0.196 e. The molecule has 2 aromatic rings. The summed E-state index contributed by atoms with van der Waals surface area (Å²) in [6, 6.07) is 12.0. The van der Waals surface area contributed by atoms with Crippen molar-refractivity contribution in [3.05, 3.63) is 59.2 Å². The third kappa shape index (κ3) is 2.48. The van der Waals surface area contributed by atoms with E-state index in [2.05, 4.69) is 0 Å². The summed E-state index contributed by atoms with van der Waals surface area (Å²) in [5.41, 5.74) is 1.72. The number of phenols is 1. The van der Waals surface area contributed by atoms with Gasteiger partial charge >= 0.3 is 0 Å². The van der Waals surface area contributed by atoms with E-state index in [1.54, 1.807) is 19.3 Å². The Balaban J connectivity index is 2.01. The van der Waals surface area contributed by atoms with Crippen molar-refractivity contribution in [3.63, 3.8) is 0 Å². The molecule has 0 radical (unpaired) electrons. The Kier molecular flexibility index (Phi) is 3.36. The van der Waals surface area contributed by atoms with Gasteiger partial charge in [0.2, 0.25) is 0 Å². The van der Waals surface area contributed by atoms with Gasteiger partial charge in [-0.1, -0.05) is 18.2 Å². The fraction of sp³-hybridized carbons (Fsp3) is 0.118. The molecule has 0 aromatic heterocycles. The number of fused-ring (bicyclic) bond motifs is 1. The summed E-state index contributed by atoms with van der Waals surface area (Å²) < 4.78 is 10.8. The highest BCUT2D eigenvalue weighted by Gasteiger charge is 2.24. The van der Waals surface area contributed by atoms with Gasteiger partial charge in [0.25, 0.3) is 0 Å². The molecule has 21 heavy (non-hydrogen) atoms. The largest absolute Gasteiger partial charge is 0.508 e. The van der Waals surface area contributed by atoms with Crippen molar-refractivity contribution in [1.82, 2.24) is 0 Å². The number of Topliss-reactive ketones (excluding diaryl/α,β-unsaturated/α-hetero) is 1. The lowest BCUT2D eigenvalue weighted by Crippen LogP contribution is -2.18. The first-order valence-electron chi connectivity index (χ1n) is 6.53. The molecule has 0 unspecified atom stereocenters. The number of carbonyl (C=O) groups is 1. The molecule has 0 spiro atoms. The van der Waals surface area contributed by atoms with Gasteiger partial charge in [-0.25, -0.2) is 0 Å². The van der Waals surface area contributed by atoms with Crippen LogP contribution in [-0.4, -0.2) is 24.6 Å². The molecule has 0 aliphatic carbocycles. The van der Waals surface area contributed by atoms with E-state index in [-0.39, 0.29) is 18.1 Å². The molecule has 4 heteroatoms. The normalized spacial score (nSPS) is 15.5. The Morgan fingerprint density at radius 2 is 2.05 bits per heavy atom. The highest BCUT2D eigenvalue weighted by Crippen LogP contribution is 2.31. The quantitative estimate of drug-likeness (QED) is 0.860. The number of carbonyl (C=O) groups excluding carboxylic acids is 1. The van der Waals surface area contributed by atoms with Crippen LogP contribution in [0.25, 0.3) is 6.08 Å². The van der Waals surface area contributed by atoms with Gasteiger partial charge in [0, 0.05) is 11.1 Å². The molecular formula is C17H14O4. The van der Waals surface area contributed by atoms with Crippen molar-refractivity contribution in [1.29, 1.82) is 0 Å². The fourth-order valence-corrected chi connectivity index (χ4v) is 2.30. The van der Waals surface area contributed by atoms with Crippen LogP contribution in [0.1, 0.15) is 15.9 Å². The number of rotatable bonds is 2. The fourth-order valence-electron chi connectivity index (χ4n) is 2.30. The Bertz CT molecular complexity index is 731. The number of benzene rings is 2. The van der Waals surface area contributed by atoms with Crippen LogP contribution in [0, 0.1) is 0 Å². The van der Waals surface area contributed by atoms with Crippen molar-refractivity contribution < 1.29 is 19.4 Å². The van der Waals surface area contributed by atoms with Crippen molar-refractivity contribution in [2.24, 2.45) is 0 Å². The molecule has 106 valence electrons. The minimum atomic E-state index is -0.141. The van der Waals surface area contributed by atoms with E-state index in [9.17, 15) is 9.90 Å². The first kappa shape index (κ1) is 13.2. The molecule has 0 atom stereocenters. The second-order valence-electron chi connectivity index (χ2n) is 4.71. The highest BCUT2D eigenvalue weighted by atomic mass is 16.5. The zero-order valence-corrected chi connectivity index (χ0v) is 11.5. The van der Waals surface area contributed by atoms with E-state index in [4.69, 9.17) is 9.47 Å². The minimum absolute atomic E-state index is 0.0456. The van der Waals surface area contributed by atoms with Crippen molar-refractivity contribution in [2.45, 2.75) is 0 Å². The zero-order valence-electron chi connectivity index (χ0n) is 11.5. The Hall–Kier alpha value is -2.75. The molecule has 3 rings (SSSR count). The third-order valence-corrected chi connectivity index (χ3v) is 3.35. The highest BCUT2D eigenvalue weighted by molar-refractivity contribution is 6.14. The number of phenolic OH excluding ortho intramolecular Hbond substituents is 1. The van der Waals surface area contributed by atoms with Gasteiger partial charge in [-0.05, 0) is 30.3 Å². The second kappa shape index (κ2) is 5.32. The maximum absolute atomic E-state index is 12.5. The summed E-state index contributed by atoms with van der Waals surface area (Å²) in [5, 5.41) is 9.52. The third-order valence-electron chi connectivity index (χ3n) is 3.35. The first-order chi connectivity index (χ1) is 10.2. The van der Waals surface area contributed by atoms with Crippen LogP contribution in [0.3, 0.4) is 0 Å². The van der Waals surface area contributed by atoms with Crippen LogP contribution in [0.2, 0.25) is 0 Å². The number of hydrogen-bond donors (Lipinski definition) is 1. The van der Waals surface area contributed by atoms with Crippen LogP contribution in [0.4, 0.5) is 0 Å². The van der Waals surface area contributed by atoms with Crippen molar-refractivity contribution in [3.8, 4) is 17.2 Å². The zero-order chi connectivity index (χ0) is 14.8. The van der Waals surface area contributed by atoms with Crippen LogP contribution in [0.15, 0.2) is 48.0 Å². The number of ether oxygens (including phenoxy) is 2. The number of aromatic hydroxyl groups is 1. The topological polar surface area (TPSA) is 55.8 Å². The molecule has 2 aromatic carbocycles. The van der Waals surface area contributed by atoms with Crippen LogP contribution in [-0.2, 0) is 0 Å². The van der Waals surface area contributed by atoms with E-state index in [0.29, 0.717) is 22.6 Å². The molecule has 0 bridgehead atoms. The second-order valence-corrected chi connectivity index (χ2v) is 4.71. The molecule has 1 aliphatic heterocycles. The summed E-state index contributed by atoms with van der Waals surface area (Å²) in [6.07, 6.45) is 1.76. The standard InChI is InChI=1S/C17H14O4/c1-20-15-5-3-2-4-11(15)8-12-10-21-16-7-6-13(18)9-14(16)17(12)19/h2-9,18H,10H2,1H3/b12-8+. The average Bonchev–Trinajstić information content (AvgIpc) is 2.51. The maximum Gasteiger partial charge on any atom is 0.196 e. The van der Waals surface area contributed by atoms with E-state index in [1.165, 1.54) is 12.1 Å². The predicted molar refractivity (Wildman–Crippen MR) is 78.9 cm³/mol. The van der Waals surface area contributed by atoms with Gasteiger partial charge in [0.15, 0.2) is 5.78 Å². The van der Waals surface area contributed by atoms with Crippen LogP contribution >= 0.6 is 0 Å². The number of para-hydroxylation sites is 1. The van der Waals surface area contributed by atoms with E-state index < -0.39 is 0 Å². The summed E-state index contributed by atoms with van der Waals surface area (Å²) in [4.78, 5) is 12.5. The summed E-state index contributed by atoms with van der Waals surface area (Å²) in [5.74, 6) is 1.09. The van der Waals surface area contributed by atoms with E-state index >= 15 is 0 Å². The molecule has 1 aliphatic rings. The van der Waals surface area contributed by atoms with Gasteiger partial charge in [0.1, 0.15) is 23.9 Å². The van der Waals surface area contributed by atoms with Gasteiger partial charge in [-0.3, -0.25) is 4.79 Å². The van der Waals surface area contributed by atoms with E-state index in [1.807, 2.05) is 24.3 Å². The Morgan fingerprint density at radius 1 is 1.24 bits per heavy atom. The SMILES string of the molecule is COc1ccccc1/C=C1\COc2ccc(O)cc2C1=O. The first-order valence-corrected chi connectivity index (χ1v) is 6.53. The molecule has 1 heterocycles. The molecule has 0 amide bonds. The van der Waals surface area contributed by atoms with Crippen LogP contribution in [0.5, 0.6) is 17.2 Å². The average molecular weight is 282 g/mol. The lowest BCUT2D eigenvalue weighted by Gasteiger charge is -2.19. The molecule has 1 N–H and O–H groups in total. The maximum atomic E-state index is 12.5. The summed E-state index contributed by atoms with van der Waals surface area (Å²) in [6.45, 7) is 0.203. The summed E-state index contributed by atoms with van der Waals surface area (Å²) >= 11 is 0. The predicted octanol–water partition coefficient (Wildman–Crippen LogP) is 3.06. The number of ketones is 1. The number of methoxy groups -OCH3 is 1. The van der Waals surface area contributed by atoms with Crippen molar-refractivity contribution in [2.75, 3.05) is 13.7 Å². The Labute approximate surface area is 122 Å². The lowest BCUT2D eigenvalue weighted by atomic mass is 9.98. The van der Waals surface area contributed by atoms with Gasteiger partial charge in [-0.2, -0.15) is 0 Å². The molecule has 0 saturated heterocycles.